The number of hydrogen-bond donors (Lipinski definition) is 1. The third kappa shape index (κ3) is 3.67. The molecule has 0 unspecified atom stereocenters. The lowest BCUT2D eigenvalue weighted by atomic mass is 9.96. The molecule has 0 atom stereocenters. The number of rotatable bonds is 4. The van der Waals surface area contributed by atoms with Gasteiger partial charge in [0, 0.05) is 13.1 Å². The first-order valence-electron chi connectivity index (χ1n) is 5.63. The highest BCUT2D eigenvalue weighted by atomic mass is 14.9. The van der Waals surface area contributed by atoms with Crippen molar-refractivity contribution in [1.29, 1.82) is 5.26 Å². The summed E-state index contributed by atoms with van der Waals surface area (Å²) in [7, 11) is 0. The molecule has 0 radical (unpaired) electrons. The third-order valence-electron chi connectivity index (χ3n) is 2.69. The first-order chi connectivity index (χ1) is 7.44. The summed E-state index contributed by atoms with van der Waals surface area (Å²) in [6, 6.07) is 8.75. The molecule has 2 heteroatoms. The lowest BCUT2D eigenvalue weighted by Crippen LogP contribution is -2.27. The van der Waals surface area contributed by atoms with Crippen molar-refractivity contribution in [2.75, 3.05) is 6.54 Å². The Labute approximate surface area is 98.3 Å². The molecule has 16 heavy (non-hydrogen) atoms. The zero-order valence-corrected chi connectivity index (χ0v) is 10.6. The normalized spacial score (nSPS) is 11.2. The van der Waals surface area contributed by atoms with Gasteiger partial charge in [-0.25, -0.2) is 0 Å². The number of hydrogen-bond acceptors (Lipinski definition) is 2. The number of nitrogens with zero attached hydrogens (tertiary/aromatic N) is 1. The first kappa shape index (κ1) is 12.7. The van der Waals surface area contributed by atoms with Crippen LogP contribution in [-0.4, -0.2) is 6.54 Å². The topological polar surface area (TPSA) is 35.8 Å². The maximum absolute atomic E-state index is 8.90. The molecule has 1 N–H and O–H groups in total. The summed E-state index contributed by atoms with van der Waals surface area (Å²) < 4.78 is 0. The Kier molecular flexibility index (Phi) is 4.09. The highest BCUT2D eigenvalue weighted by Crippen LogP contribution is 2.13. The Morgan fingerprint density at radius 3 is 2.62 bits per heavy atom. The van der Waals surface area contributed by atoms with E-state index in [1.807, 2.05) is 13.8 Å². The predicted octanol–water partition coefficient (Wildman–Crippen LogP) is 2.94. The molecule has 1 rings (SSSR count). The Balaban J connectivity index is 2.56. The van der Waals surface area contributed by atoms with Gasteiger partial charge in [0.25, 0.3) is 0 Å². The highest BCUT2D eigenvalue weighted by molar-refractivity contribution is 5.30. The number of aryl methyl sites for hydroxylation is 2. The van der Waals surface area contributed by atoms with Crippen LogP contribution < -0.4 is 5.32 Å². The van der Waals surface area contributed by atoms with Crippen molar-refractivity contribution >= 4 is 0 Å². The van der Waals surface area contributed by atoms with Gasteiger partial charge >= 0.3 is 0 Å². The first-order valence-corrected chi connectivity index (χ1v) is 5.63. The zero-order chi connectivity index (χ0) is 12.2. The average Bonchev–Trinajstić information content (AvgIpc) is 2.23. The smallest absolute Gasteiger partial charge is 0.0697 e. The van der Waals surface area contributed by atoms with Gasteiger partial charge in [-0.15, -0.1) is 0 Å². The fourth-order valence-corrected chi connectivity index (χ4v) is 1.54. The number of benzene rings is 1. The van der Waals surface area contributed by atoms with Gasteiger partial charge in [0.05, 0.1) is 11.5 Å². The van der Waals surface area contributed by atoms with E-state index in [9.17, 15) is 0 Å². The van der Waals surface area contributed by atoms with Crippen LogP contribution in [0.1, 0.15) is 30.5 Å². The van der Waals surface area contributed by atoms with Gasteiger partial charge in [-0.05, 0) is 38.8 Å². The molecule has 1 aromatic rings. The quantitative estimate of drug-likeness (QED) is 0.840. The van der Waals surface area contributed by atoms with Crippen LogP contribution in [0.15, 0.2) is 18.2 Å². The molecule has 1 aromatic carbocycles. The van der Waals surface area contributed by atoms with Gasteiger partial charge < -0.3 is 5.32 Å². The van der Waals surface area contributed by atoms with E-state index in [2.05, 4.69) is 43.4 Å². The van der Waals surface area contributed by atoms with Crippen LogP contribution in [0.3, 0.4) is 0 Å². The van der Waals surface area contributed by atoms with Gasteiger partial charge in [-0.1, -0.05) is 23.8 Å². The Bertz CT molecular complexity index is 400. The predicted molar refractivity (Wildman–Crippen MR) is 67.0 cm³/mol. The van der Waals surface area contributed by atoms with E-state index >= 15 is 0 Å². The molecule has 0 aliphatic rings. The van der Waals surface area contributed by atoms with Crippen molar-refractivity contribution in [2.24, 2.45) is 5.41 Å². The van der Waals surface area contributed by atoms with E-state index in [4.69, 9.17) is 5.26 Å². The standard InChI is InChI=1S/C14H20N2/c1-11-5-6-12(2)13(7-11)8-16-10-14(3,4)9-15/h5-7,16H,8,10H2,1-4H3. The van der Waals surface area contributed by atoms with Gasteiger partial charge in [0.2, 0.25) is 0 Å². The van der Waals surface area contributed by atoms with E-state index in [0.29, 0.717) is 0 Å². The molecule has 2 nitrogen and oxygen atoms in total. The van der Waals surface area contributed by atoms with Crippen molar-refractivity contribution in [3.05, 3.63) is 34.9 Å². The van der Waals surface area contributed by atoms with Crippen LogP contribution in [-0.2, 0) is 6.54 Å². The van der Waals surface area contributed by atoms with E-state index in [1.54, 1.807) is 0 Å². The van der Waals surface area contributed by atoms with Crippen LogP contribution in [0.2, 0.25) is 0 Å². The molecular weight excluding hydrogens is 196 g/mol. The van der Waals surface area contributed by atoms with Crippen molar-refractivity contribution in [3.8, 4) is 6.07 Å². The Morgan fingerprint density at radius 1 is 1.31 bits per heavy atom. The van der Waals surface area contributed by atoms with E-state index in [-0.39, 0.29) is 5.41 Å². The molecule has 0 aliphatic heterocycles. The minimum absolute atomic E-state index is 0.294. The van der Waals surface area contributed by atoms with Gasteiger partial charge in [-0.2, -0.15) is 5.26 Å². The fourth-order valence-electron chi connectivity index (χ4n) is 1.54. The molecule has 0 aromatic heterocycles. The van der Waals surface area contributed by atoms with Gasteiger partial charge in [0.1, 0.15) is 0 Å². The molecule has 0 bridgehead atoms. The second kappa shape index (κ2) is 5.14. The van der Waals surface area contributed by atoms with Crippen LogP contribution in [0.4, 0.5) is 0 Å². The van der Waals surface area contributed by atoms with E-state index in [0.717, 1.165) is 13.1 Å². The summed E-state index contributed by atoms with van der Waals surface area (Å²) in [5.41, 5.74) is 3.60. The SMILES string of the molecule is Cc1ccc(C)c(CNCC(C)(C)C#N)c1. The second-order valence-corrected chi connectivity index (χ2v) is 5.03. The third-order valence-corrected chi connectivity index (χ3v) is 2.69. The molecule has 0 amide bonds. The fraction of sp³-hybridized carbons (Fsp3) is 0.500. The summed E-state index contributed by atoms with van der Waals surface area (Å²) in [6.07, 6.45) is 0. The van der Waals surface area contributed by atoms with Gasteiger partial charge in [-0.3, -0.25) is 0 Å². The zero-order valence-electron chi connectivity index (χ0n) is 10.6. The van der Waals surface area contributed by atoms with Crippen molar-refractivity contribution in [3.63, 3.8) is 0 Å². The summed E-state index contributed by atoms with van der Waals surface area (Å²) in [5.74, 6) is 0. The second-order valence-electron chi connectivity index (χ2n) is 5.03. The lowest BCUT2D eigenvalue weighted by molar-refractivity contribution is 0.444. The molecule has 0 aliphatic carbocycles. The molecule has 86 valence electrons. The Hall–Kier alpha value is -1.33. The van der Waals surface area contributed by atoms with E-state index < -0.39 is 0 Å². The lowest BCUT2D eigenvalue weighted by Gasteiger charge is -2.16. The van der Waals surface area contributed by atoms with E-state index in [1.165, 1.54) is 16.7 Å². The maximum Gasteiger partial charge on any atom is 0.0697 e. The summed E-state index contributed by atoms with van der Waals surface area (Å²) in [4.78, 5) is 0. The highest BCUT2D eigenvalue weighted by Gasteiger charge is 2.15. The number of nitriles is 1. The molecular formula is C14H20N2. The summed E-state index contributed by atoms with van der Waals surface area (Å²) in [6.45, 7) is 9.66. The molecule has 0 spiro atoms. The maximum atomic E-state index is 8.90. The van der Waals surface area contributed by atoms with Crippen LogP contribution in [0, 0.1) is 30.6 Å². The van der Waals surface area contributed by atoms with Crippen LogP contribution in [0.25, 0.3) is 0 Å². The number of nitrogens with one attached hydrogen (secondary N) is 1. The molecule has 0 saturated heterocycles. The summed E-state index contributed by atoms with van der Waals surface area (Å²) in [5, 5.41) is 12.2. The Morgan fingerprint density at radius 2 is 2.00 bits per heavy atom. The van der Waals surface area contributed by atoms with Crippen LogP contribution >= 0.6 is 0 Å². The molecule has 0 fully saturated rings. The van der Waals surface area contributed by atoms with Crippen molar-refractivity contribution in [1.82, 2.24) is 5.32 Å². The van der Waals surface area contributed by atoms with Crippen molar-refractivity contribution < 1.29 is 0 Å². The monoisotopic (exact) mass is 216 g/mol. The van der Waals surface area contributed by atoms with Gasteiger partial charge in [0.15, 0.2) is 0 Å². The van der Waals surface area contributed by atoms with Crippen LogP contribution in [0.5, 0.6) is 0 Å². The molecule has 0 heterocycles. The summed E-state index contributed by atoms with van der Waals surface area (Å²) >= 11 is 0. The average molecular weight is 216 g/mol. The minimum Gasteiger partial charge on any atom is -0.311 e. The van der Waals surface area contributed by atoms with Crippen molar-refractivity contribution in [2.45, 2.75) is 34.2 Å². The largest absolute Gasteiger partial charge is 0.311 e. The minimum atomic E-state index is -0.294. The molecule has 0 saturated carbocycles.